The van der Waals surface area contributed by atoms with Crippen molar-refractivity contribution in [1.82, 2.24) is 5.32 Å². The fourth-order valence-corrected chi connectivity index (χ4v) is 1.68. The van der Waals surface area contributed by atoms with E-state index in [1.807, 2.05) is 13.0 Å². The zero-order valence-electron chi connectivity index (χ0n) is 11.3. The summed E-state index contributed by atoms with van der Waals surface area (Å²) in [6, 6.07) is 7.19. The van der Waals surface area contributed by atoms with Crippen LogP contribution in [0.2, 0.25) is 0 Å². The number of anilines is 1. The van der Waals surface area contributed by atoms with Crippen LogP contribution in [-0.4, -0.2) is 30.3 Å². The molecule has 0 aromatic heterocycles. The number of aliphatic hydroxyl groups excluding tert-OH is 1. The molecule has 0 heterocycles. The number of amides is 1. The highest BCUT2D eigenvalue weighted by molar-refractivity contribution is 5.76. The van der Waals surface area contributed by atoms with Crippen molar-refractivity contribution < 1.29 is 14.6 Å². The molecule has 5 nitrogen and oxygen atoms in total. The molecule has 1 amide bonds. The van der Waals surface area contributed by atoms with Gasteiger partial charge >= 0.3 is 0 Å². The topological polar surface area (TPSA) is 84.6 Å². The average molecular weight is 266 g/mol. The summed E-state index contributed by atoms with van der Waals surface area (Å²) in [6.07, 6.45) is 1.78. The number of carbonyl (C=O) groups excluding carboxylic acids is 1. The van der Waals surface area contributed by atoms with Crippen molar-refractivity contribution in [2.45, 2.75) is 32.2 Å². The number of hydrogen-bond donors (Lipinski definition) is 3. The summed E-state index contributed by atoms with van der Waals surface area (Å²) in [7, 11) is 0. The molecule has 1 aromatic rings. The molecular formula is C14H22N2O3. The molecule has 0 saturated carbocycles. The molecular weight excluding hydrogens is 244 g/mol. The van der Waals surface area contributed by atoms with Gasteiger partial charge in [0.2, 0.25) is 5.91 Å². The fourth-order valence-electron chi connectivity index (χ4n) is 1.68. The predicted molar refractivity (Wildman–Crippen MR) is 74.9 cm³/mol. The second-order valence-electron chi connectivity index (χ2n) is 4.51. The molecule has 1 unspecified atom stereocenters. The van der Waals surface area contributed by atoms with Gasteiger partial charge in [-0.15, -0.1) is 0 Å². The summed E-state index contributed by atoms with van der Waals surface area (Å²) in [4.78, 5) is 11.6. The number of hydrogen-bond acceptors (Lipinski definition) is 4. The van der Waals surface area contributed by atoms with Crippen molar-refractivity contribution in [3.05, 3.63) is 24.3 Å². The second-order valence-corrected chi connectivity index (χ2v) is 4.51. The SMILES string of the molecule is CC(CCCO)NC(=O)CCOc1cccc(N)c1. The first-order chi connectivity index (χ1) is 9.11. The molecule has 4 N–H and O–H groups in total. The van der Waals surface area contributed by atoms with Crippen LogP contribution < -0.4 is 15.8 Å². The van der Waals surface area contributed by atoms with Crippen LogP contribution in [0, 0.1) is 0 Å². The number of nitrogen functional groups attached to an aromatic ring is 1. The van der Waals surface area contributed by atoms with Gasteiger partial charge in [-0.3, -0.25) is 4.79 Å². The highest BCUT2D eigenvalue weighted by Crippen LogP contribution is 2.14. The maximum Gasteiger partial charge on any atom is 0.223 e. The lowest BCUT2D eigenvalue weighted by atomic mass is 10.2. The number of benzene rings is 1. The summed E-state index contributed by atoms with van der Waals surface area (Å²) < 4.78 is 5.44. The van der Waals surface area contributed by atoms with E-state index in [1.54, 1.807) is 18.2 Å². The Balaban J connectivity index is 2.20. The molecule has 0 aliphatic heterocycles. The minimum absolute atomic E-state index is 0.0469. The van der Waals surface area contributed by atoms with Crippen molar-refractivity contribution in [2.75, 3.05) is 18.9 Å². The van der Waals surface area contributed by atoms with E-state index in [-0.39, 0.29) is 18.6 Å². The first-order valence-electron chi connectivity index (χ1n) is 6.50. The molecule has 0 fully saturated rings. The summed E-state index contributed by atoms with van der Waals surface area (Å²) >= 11 is 0. The minimum atomic E-state index is -0.0469. The standard InChI is InChI=1S/C14H22N2O3/c1-11(4-3-8-17)16-14(18)7-9-19-13-6-2-5-12(15)10-13/h2,5-6,10-11,17H,3-4,7-9,15H2,1H3,(H,16,18). The van der Waals surface area contributed by atoms with Gasteiger partial charge in [0, 0.05) is 24.4 Å². The molecule has 106 valence electrons. The number of carbonyl (C=O) groups is 1. The third-order valence-electron chi connectivity index (χ3n) is 2.66. The first-order valence-corrected chi connectivity index (χ1v) is 6.50. The van der Waals surface area contributed by atoms with Crippen LogP contribution in [-0.2, 0) is 4.79 Å². The lowest BCUT2D eigenvalue weighted by molar-refractivity contribution is -0.122. The Labute approximate surface area is 113 Å². The zero-order valence-corrected chi connectivity index (χ0v) is 11.3. The lowest BCUT2D eigenvalue weighted by Crippen LogP contribution is -2.33. The third kappa shape index (κ3) is 6.67. The fraction of sp³-hybridized carbons (Fsp3) is 0.500. The van der Waals surface area contributed by atoms with Gasteiger partial charge in [0.25, 0.3) is 0 Å². The molecule has 0 saturated heterocycles. The summed E-state index contributed by atoms with van der Waals surface area (Å²) in [5, 5.41) is 11.6. The maximum atomic E-state index is 11.6. The molecule has 0 aliphatic carbocycles. The summed E-state index contributed by atoms with van der Waals surface area (Å²) in [5.74, 6) is 0.621. The number of nitrogens with two attached hydrogens (primary N) is 1. The number of nitrogens with one attached hydrogen (secondary N) is 1. The van der Waals surface area contributed by atoms with Crippen molar-refractivity contribution in [3.8, 4) is 5.75 Å². The molecule has 0 spiro atoms. The Hall–Kier alpha value is -1.75. The Morgan fingerprint density at radius 3 is 3.00 bits per heavy atom. The monoisotopic (exact) mass is 266 g/mol. The van der Waals surface area contributed by atoms with Crippen LogP contribution in [0.5, 0.6) is 5.75 Å². The van der Waals surface area contributed by atoms with E-state index in [2.05, 4.69) is 5.32 Å². The van der Waals surface area contributed by atoms with Crippen LogP contribution in [0.1, 0.15) is 26.2 Å². The van der Waals surface area contributed by atoms with Gasteiger partial charge in [-0.1, -0.05) is 6.07 Å². The van der Waals surface area contributed by atoms with Crippen LogP contribution in [0.15, 0.2) is 24.3 Å². The molecule has 19 heavy (non-hydrogen) atoms. The Morgan fingerprint density at radius 1 is 1.53 bits per heavy atom. The van der Waals surface area contributed by atoms with E-state index < -0.39 is 0 Å². The first kappa shape index (κ1) is 15.3. The van der Waals surface area contributed by atoms with Crippen molar-refractivity contribution >= 4 is 11.6 Å². The van der Waals surface area contributed by atoms with Crippen LogP contribution in [0.3, 0.4) is 0 Å². The van der Waals surface area contributed by atoms with Crippen LogP contribution in [0.4, 0.5) is 5.69 Å². The normalized spacial score (nSPS) is 11.9. The Kier molecular flexibility index (Phi) is 6.74. The largest absolute Gasteiger partial charge is 0.493 e. The molecule has 1 aromatic carbocycles. The predicted octanol–water partition coefficient (Wildman–Crippen LogP) is 1.31. The minimum Gasteiger partial charge on any atom is -0.493 e. The molecule has 1 rings (SSSR count). The number of aliphatic hydroxyl groups is 1. The highest BCUT2D eigenvalue weighted by Gasteiger charge is 2.07. The van der Waals surface area contributed by atoms with Gasteiger partial charge in [-0.05, 0) is 31.9 Å². The van der Waals surface area contributed by atoms with Gasteiger partial charge < -0.3 is 20.9 Å². The van der Waals surface area contributed by atoms with E-state index in [9.17, 15) is 4.79 Å². The smallest absolute Gasteiger partial charge is 0.223 e. The average Bonchev–Trinajstić information content (AvgIpc) is 2.36. The summed E-state index contributed by atoms with van der Waals surface area (Å²) in [6.45, 7) is 2.40. The quantitative estimate of drug-likeness (QED) is 0.619. The highest BCUT2D eigenvalue weighted by atomic mass is 16.5. The van der Waals surface area contributed by atoms with Gasteiger partial charge in [0.1, 0.15) is 5.75 Å². The van der Waals surface area contributed by atoms with Crippen molar-refractivity contribution in [2.24, 2.45) is 0 Å². The van der Waals surface area contributed by atoms with Gasteiger partial charge in [0.15, 0.2) is 0 Å². The van der Waals surface area contributed by atoms with Gasteiger partial charge in [0.05, 0.1) is 13.0 Å². The van der Waals surface area contributed by atoms with Crippen molar-refractivity contribution in [1.29, 1.82) is 0 Å². The van der Waals surface area contributed by atoms with E-state index in [4.69, 9.17) is 15.6 Å². The third-order valence-corrected chi connectivity index (χ3v) is 2.66. The number of ether oxygens (including phenoxy) is 1. The molecule has 5 heteroatoms. The van der Waals surface area contributed by atoms with E-state index in [1.165, 1.54) is 0 Å². The van der Waals surface area contributed by atoms with Gasteiger partial charge in [-0.2, -0.15) is 0 Å². The maximum absolute atomic E-state index is 11.6. The zero-order chi connectivity index (χ0) is 14.1. The Bertz CT molecular complexity index is 396. The van der Waals surface area contributed by atoms with E-state index in [0.717, 1.165) is 6.42 Å². The second kappa shape index (κ2) is 8.37. The number of rotatable bonds is 8. The summed E-state index contributed by atoms with van der Waals surface area (Å²) in [5.41, 5.74) is 6.26. The lowest BCUT2D eigenvalue weighted by Gasteiger charge is -2.13. The Morgan fingerprint density at radius 2 is 2.32 bits per heavy atom. The molecule has 0 aliphatic rings. The molecule has 0 radical (unpaired) electrons. The van der Waals surface area contributed by atoms with Crippen molar-refractivity contribution in [3.63, 3.8) is 0 Å². The van der Waals surface area contributed by atoms with E-state index in [0.29, 0.717) is 30.9 Å². The molecule has 0 bridgehead atoms. The van der Waals surface area contributed by atoms with Gasteiger partial charge in [-0.25, -0.2) is 0 Å². The van der Waals surface area contributed by atoms with E-state index >= 15 is 0 Å². The van der Waals surface area contributed by atoms with Crippen LogP contribution >= 0.6 is 0 Å². The van der Waals surface area contributed by atoms with Crippen LogP contribution in [0.25, 0.3) is 0 Å². The molecule has 1 atom stereocenters.